The average molecular weight is 335 g/mol. The van der Waals surface area contributed by atoms with Crippen LogP contribution in [0.5, 0.6) is 11.5 Å². The first-order valence-electron chi connectivity index (χ1n) is 8.19. The molecule has 3 rings (SSSR count). The number of hydrogen-bond donors (Lipinski definition) is 2. The van der Waals surface area contributed by atoms with Crippen molar-refractivity contribution in [2.45, 2.75) is 20.8 Å². The van der Waals surface area contributed by atoms with Crippen LogP contribution >= 0.6 is 0 Å². The molecule has 0 fully saturated rings. The number of ether oxygens (including phenoxy) is 1. The van der Waals surface area contributed by atoms with E-state index in [2.05, 4.69) is 28.5 Å². The summed E-state index contributed by atoms with van der Waals surface area (Å²) in [6, 6.07) is 13.3. The summed E-state index contributed by atoms with van der Waals surface area (Å²) in [5.74, 6) is 0.575. The van der Waals surface area contributed by atoms with Crippen molar-refractivity contribution in [1.82, 2.24) is 4.98 Å². The van der Waals surface area contributed by atoms with Gasteiger partial charge in [0.1, 0.15) is 0 Å². The Morgan fingerprint density at radius 1 is 1.16 bits per heavy atom. The number of aryl methyl sites for hydroxylation is 2. The smallest absolute Gasteiger partial charge is 0.161 e. The lowest BCUT2D eigenvalue weighted by Gasteiger charge is -2.08. The molecule has 0 bridgehead atoms. The maximum atomic E-state index is 9.75. The molecule has 2 aromatic carbocycles. The zero-order valence-electron chi connectivity index (χ0n) is 14.6. The fourth-order valence-electron chi connectivity index (χ4n) is 2.62. The number of pyridine rings is 1. The van der Waals surface area contributed by atoms with Crippen LogP contribution in [0.2, 0.25) is 0 Å². The first kappa shape index (κ1) is 16.8. The number of hydrazone groups is 1. The number of fused-ring (bicyclic) bond motifs is 1. The Hall–Kier alpha value is -3.08. The van der Waals surface area contributed by atoms with Gasteiger partial charge in [0.2, 0.25) is 0 Å². The van der Waals surface area contributed by atoms with Crippen molar-refractivity contribution in [3.8, 4) is 11.5 Å². The fourth-order valence-corrected chi connectivity index (χ4v) is 2.62. The summed E-state index contributed by atoms with van der Waals surface area (Å²) in [6.07, 6.45) is 1.69. The highest BCUT2D eigenvalue weighted by Gasteiger charge is 2.04. The Kier molecular flexibility index (Phi) is 4.84. The standard InChI is InChI=1S/C20H21N3O2/c1-4-25-20-11-15(6-8-19(20)24)12-21-23-18-10-14(3)22-17-7-5-13(2)9-16(17)18/h5-12,24H,4H2,1-3H3,(H,22,23). The molecule has 5 heteroatoms. The minimum absolute atomic E-state index is 0.123. The molecule has 25 heavy (non-hydrogen) atoms. The van der Waals surface area contributed by atoms with Gasteiger partial charge in [0.05, 0.1) is 24.0 Å². The quantitative estimate of drug-likeness (QED) is 0.536. The van der Waals surface area contributed by atoms with E-state index in [4.69, 9.17) is 4.74 Å². The van der Waals surface area contributed by atoms with E-state index in [1.807, 2.05) is 32.0 Å². The van der Waals surface area contributed by atoms with Gasteiger partial charge in [-0.3, -0.25) is 10.4 Å². The van der Waals surface area contributed by atoms with Gasteiger partial charge in [-0.2, -0.15) is 5.10 Å². The monoisotopic (exact) mass is 335 g/mol. The van der Waals surface area contributed by atoms with Crippen LogP contribution in [0.3, 0.4) is 0 Å². The molecule has 0 spiro atoms. The summed E-state index contributed by atoms with van der Waals surface area (Å²) >= 11 is 0. The highest BCUT2D eigenvalue weighted by atomic mass is 16.5. The number of phenols is 1. The molecule has 1 heterocycles. The third-order valence-corrected chi connectivity index (χ3v) is 3.77. The third-order valence-electron chi connectivity index (χ3n) is 3.77. The van der Waals surface area contributed by atoms with Gasteiger partial charge in [-0.25, -0.2) is 0 Å². The van der Waals surface area contributed by atoms with Crippen LogP contribution in [0, 0.1) is 13.8 Å². The molecule has 2 N–H and O–H groups in total. The van der Waals surface area contributed by atoms with Gasteiger partial charge < -0.3 is 9.84 Å². The van der Waals surface area contributed by atoms with Crippen molar-refractivity contribution in [3.05, 3.63) is 59.3 Å². The summed E-state index contributed by atoms with van der Waals surface area (Å²) < 4.78 is 5.39. The maximum absolute atomic E-state index is 9.75. The lowest BCUT2D eigenvalue weighted by molar-refractivity contribution is 0.318. The minimum atomic E-state index is 0.123. The molecule has 0 aliphatic heterocycles. The molecule has 3 aromatic rings. The fraction of sp³-hybridized carbons (Fsp3) is 0.200. The van der Waals surface area contributed by atoms with Crippen LogP contribution in [0.4, 0.5) is 5.69 Å². The molecule has 128 valence electrons. The SMILES string of the molecule is CCOc1cc(C=NNc2cc(C)nc3ccc(C)cc23)ccc1O. The van der Waals surface area contributed by atoms with E-state index < -0.39 is 0 Å². The number of anilines is 1. The van der Waals surface area contributed by atoms with E-state index in [-0.39, 0.29) is 5.75 Å². The number of phenolic OH excluding ortho intramolecular Hbond substituents is 1. The Bertz CT molecular complexity index is 936. The Labute approximate surface area is 147 Å². The zero-order valence-corrected chi connectivity index (χ0v) is 14.6. The Morgan fingerprint density at radius 3 is 2.80 bits per heavy atom. The molecule has 0 unspecified atom stereocenters. The number of benzene rings is 2. The summed E-state index contributed by atoms with van der Waals surface area (Å²) in [7, 11) is 0. The summed E-state index contributed by atoms with van der Waals surface area (Å²) in [4.78, 5) is 4.55. The van der Waals surface area contributed by atoms with E-state index >= 15 is 0 Å². The molecular weight excluding hydrogens is 314 g/mol. The topological polar surface area (TPSA) is 66.7 Å². The zero-order chi connectivity index (χ0) is 17.8. The second-order valence-electron chi connectivity index (χ2n) is 5.86. The van der Waals surface area contributed by atoms with E-state index in [1.54, 1.807) is 24.4 Å². The summed E-state index contributed by atoms with van der Waals surface area (Å²) in [5, 5.41) is 15.1. The van der Waals surface area contributed by atoms with Gasteiger partial charge in [0.15, 0.2) is 11.5 Å². The van der Waals surface area contributed by atoms with Crippen LogP contribution in [0.1, 0.15) is 23.7 Å². The molecule has 0 saturated carbocycles. The summed E-state index contributed by atoms with van der Waals surface area (Å²) in [5.41, 5.74) is 7.87. The highest BCUT2D eigenvalue weighted by molar-refractivity contribution is 5.92. The second kappa shape index (κ2) is 7.21. The van der Waals surface area contributed by atoms with Gasteiger partial charge in [-0.05, 0) is 62.7 Å². The minimum Gasteiger partial charge on any atom is -0.504 e. The lowest BCUT2D eigenvalue weighted by atomic mass is 10.1. The number of aromatic hydroxyl groups is 1. The molecule has 5 nitrogen and oxygen atoms in total. The van der Waals surface area contributed by atoms with Crippen LogP contribution in [-0.2, 0) is 0 Å². The molecule has 0 saturated heterocycles. The van der Waals surface area contributed by atoms with Crippen molar-refractivity contribution in [3.63, 3.8) is 0 Å². The molecule has 0 amide bonds. The molecule has 0 aliphatic rings. The largest absolute Gasteiger partial charge is 0.504 e. The molecule has 1 aromatic heterocycles. The van der Waals surface area contributed by atoms with Gasteiger partial charge in [0.25, 0.3) is 0 Å². The van der Waals surface area contributed by atoms with Crippen molar-refractivity contribution >= 4 is 22.8 Å². The van der Waals surface area contributed by atoms with Crippen LogP contribution < -0.4 is 10.2 Å². The van der Waals surface area contributed by atoms with E-state index in [1.165, 1.54) is 5.56 Å². The van der Waals surface area contributed by atoms with E-state index in [9.17, 15) is 5.11 Å². The maximum Gasteiger partial charge on any atom is 0.161 e. The summed E-state index contributed by atoms with van der Waals surface area (Å²) in [6.45, 7) is 6.38. The number of nitrogens with one attached hydrogen (secondary N) is 1. The van der Waals surface area contributed by atoms with Crippen molar-refractivity contribution in [1.29, 1.82) is 0 Å². The number of aromatic nitrogens is 1. The number of nitrogens with zero attached hydrogens (tertiary/aromatic N) is 2. The number of rotatable bonds is 5. The van der Waals surface area contributed by atoms with Gasteiger partial charge in [-0.1, -0.05) is 11.6 Å². The molecular formula is C20H21N3O2. The van der Waals surface area contributed by atoms with Gasteiger partial charge in [-0.15, -0.1) is 0 Å². The first-order chi connectivity index (χ1) is 12.1. The average Bonchev–Trinajstić information content (AvgIpc) is 2.58. The van der Waals surface area contributed by atoms with Crippen molar-refractivity contribution in [2.75, 3.05) is 12.0 Å². The van der Waals surface area contributed by atoms with Crippen LogP contribution in [0.15, 0.2) is 47.6 Å². The Morgan fingerprint density at radius 2 is 2.00 bits per heavy atom. The van der Waals surface area contributed by atoms with Crippen molar-refractivity contribution in [2.24, 2.45) is 5.10 Å². The van der Waals surface area contributed by atoms with Crippen LogP contribution in [0.25, 0.3) is 10.9 Å². The van der Waals surface area contributed by atoms with Crippen LogP contribution in [-0.4, -0.2) is 22.9 Å². The van der Waals surface area contributed by atoms with E-state index in [0.717, 1.165) is 27.8 Å². The van der Waals surface area contributed by atoms with E-state index in [0.29, 0.717) is 12.4 Å². The second-order valence-corrected chi connectivity index (χ2v) is 5.86. The van der Waals surface area contributed by atoms with Crippen molar-refractivity contribution < 1.29 is 9.84 Å². The predicted molar refractivity (Wildman–Crippen MR) is 102 cm³/mol. The first-order valence-corrected chi connectivity index (χ1v) is 8.19. The molecule has 0 atom stereocenters. The molecule has 0 aliphatic carbocycles. The predicted octanol–water partition coefficient (Wildman–Crippen LogP) is 4.40. The van der Waals surface area contributed by atoms with Gasteiger partial charge >= 0.3 is 0 Å². The van der Waals surface area contributed by atoms with Gasteiger partial charge in [0, 0.05) is 11.1 Å². The number of hydrogen-bond acceptors (Lipinski definition) is 5. The molecule has 0 radical (unpaired) electrons. The lowest BCUT2D eigenvalue weighted by Crippen LogP contribution is -1.96. The third kappa shape index (κ3) is 3.88. The highest BCUT2D eigenvalue weighted by Crippen LogP contribution is 2.27. The Balaban J connectivity index is 1.86. The normalized spacial score (nSPS) is 11.2.